The molecule has 0 amide bonds. The Bertz CT molecular complexity index is 915. The van der Waals surface area contributed by atoms with Crippen molar-refractivity contribution in [1.29, 1.82) is 0 Å². The monoisotopic (exact) mass is 368 g/mol. The fourth-order valence-corrected chi connectivity index (χ4v) is 5.14. The number of carbonyl (C=O) groups excluding carboxylic acids is 1. The minimum atomic E-state index is -3.91. The van der Waals surface area contributed by atoms with Gasteiger partial charge in [-0.2, -0.15) is 0 Å². The van der Waals surface area contributed by atoms with Crippen LogP contribution in [0.25, 0.3) is 0 Å². The average molecular weight is 368 g/mol. The summed E-state index contributed by atoms with van der Waals surface area (Å²) in [6, 6.07) is 17.6. The second-order valence-corrected chi connectivity index (χ2v) is 8.15. The summed E-state index contributed by atoms with van der Waals surface area (Å²) >= 11 is 0. The van der Waals surface area contributed by atoms with Gasteiger partial charge in [0.15, 0.2) is 15.1 Å². The maximum atomic E-state index is 13.3. The van der Waals surface area contributed by atoms with E-state index in [4.69, 9.17) is 4.74 Å². The van der Waals surface area contributed by atoms with Crippen molar-refractivity contribution >= 4 is 15.8 Å². The molecular formula is C21H20O4S. The lowest BCUT2D eigenvalue weighted by Crippen LogP contribution is -2.40. The van der Waals surface area contributed by atoms with Crippen LogP contribution in [0.15, 0.2) is 89.9 Å². The van der Waals surface area contributed by atoms with Gasteiger partial charge in [-0.05, 0) is 17.7 Å². The van der Waals surface area contributed by atoms with Gasteiger partial charge in [0.05, 0.1) is 12.0 Å². The predicted octanol–water partition coefficient (Wildman–Crippen LogP) is 3.53. The second kappa shape index (κ2) is 7.70. The molecule has 3 rings (SSSR count). The summed E-state index contributed by atoms with van der Waals surface area (Å²) in [4.78, 5) is 12.7. The highest BCUT2D eigenvalue weighted by Gasteiger charge is 2.44. The van der Waals surface area contributed by atoms with Gasteiger partial charge in [-0.3, -0.25) is 4.79 Å². The Morgan fingerprint density at radius 1 is 0.923 bits per heavy atom. The molecule has 0 heterocycles. The van der Waals surface area contributed by atoms with Crippen molar-refractivity contribution in [2.45, 2.75) is 16.1 Å². The molecule has 0 spiro atoms. The van der Waals surface area contributed by atoms with Crippen LogP contribution in [0.5, 0.6) is 0 Å². The summed E-state index contributed by atoms with van der Waals surface area (Å²) in [5.74, 6) is -1.54. The highest BCUT2D eigenvalue weighted by Crippen LogP contribution is 2.37. The van der Waals surface area contributed by atoms with Crippen molar-refractivity contribution in [2.24, 2.45) is 5.92 Å². The first kappa shape index (κ1) is 18.1. The maximum absolute atomic E-state index is 13.3. The number of allylic oxidation sites excluding steroid dienone is 4. The number of carbonyl (C=O) groups is 1. The quantitative estimate of drug-likeness (QED) is 0.758. The van der Waals surface area contributed by atoms with Gasteiger partial charge in [0, 0.05) is 11.8 Å². The molecule has 2 aromatic rings. The molecule has 1 aliphatic carbocycles. The van der Waals surface area contributed by atoms with Gasteiger partial charge in [0.2, 0.25) is 0 Å². The summed E-state index contributed by atoms with van der Waals surface area (Å²) < 4.78 is 31.4. The molecule has 0 bridgehead atoms. The molecule has 26 heavy (non-hydrogen) atoms. The first-order valence-corrected chi connectivity index (χ1v) is 9.87. The van der Waals surface area contributed by atoms with Crippen molar-refractivity contribution < 1.29 is 17.9 Å². The van der Waals surface area contributed by atoms with Gasteiger partial charge < -0.3 is 4.74 Å². The predicted molar refractivity (Wildman–Crippen MR) is 100 cm³/mol. The number of hydrogen-bond donors (Lipinski definition) is 0. The van der Waals surface area contributed by atoms with Crippen molar-refractivity contribution in [3.05, 3.63) is 90.5 Å². The number of esters is 1. The summed E-state index contributed by atoms with van der Waals surface area (Å²) in [5.41, 5.74) is 0.954. The Hall–Kier alpha value is -2.66. The Morgan fingerprint density at radius 2 is 1.50 bits per heavy atom. The minimum Gasteiger partial charge on any atom is -0.468 e. The molecule has 5 heteroatoms. The van der Waals surface area contributed by atoms with E-state index in [2.05, 4.69) is 0 Å². The van der Waals surface area contributed by atoms with Crippen molar-refractivity contribution in [2.75, 3.05) is 7.11 Å². The van der Waals surface area contributed by atoms with E-state index in [0.717, 1.165) is 5.56 Å². The van der Waals surface area contributed by atoms with Gasteiger partial charge in [0.25, 0.3) is 0 Å². The molecule has 0 aliphatic heterocycles. The topological polar surface area (TPSA) is 60.4 Å². The Morgan fingerprint density at radius 3 is 2.12 bits per heavy atom. The normalized spacial score (nSPS) is 20.5. The van der Waals surface area contributed by atoms with E-state index in [1.54, 1.807) is 30.4 Å². The van der Waals surface area contributed by atoms with Crippen LogP contribution < -0.4 is 0 Å². The molecular weight excluding hydrogens is 348 g/mol. The molecule has 0 aromatic heterocycles. The molecule has 0 fully saturated rings. The Labute approximate surface area is 153 Å². The van der Waals surface area contributed by atoms with Crippen molar-refractivity contribution in [3.8, 4) is 0 Å². The van der Waals surface area contributed by atoms with Gasteiger partial charge in [-0.15, -0.1) is 0 Å². The van der Waals surface area contributed by atoms with E-state index >= 15 is 0 Å². The third-order valence-corrected chi connectivity index (χ3v) is 6.66. The molecule has 0 saturated carbocycles. The molecule has 3 atom stereocenters. The smallest absolute Gasteiger partial charge is 0.325 e. The maximum Gasteiger partial charge on any atom is 0.325 e. The third-order valence-electron chi connectivity index (χ3n) is 4.55. The molecule has 0 N–H and O–H groups in total. The Balaban J connectivity index is 2.09. The molecule has 1 unspecified atom stereocenters. The fourth-order valence-electron chi connectivity index (χ4n) is 3.29. The van der Waals surface area contributed by atoms with Crippen LogP contribution in [0.1, 0.15) is 11.5 Å². The van der Waals surface area contributed by atoms with Gasteiger partial charge in [-0.1, -0.05) is 72.8 Å². The summed E-state index contributed by atoms with van der Waals surface area (Å²) in [6.07, 6.45) is 7.36. The van der Waals surface area contributed by atoms with Gasteiger partial charge in [-0.25, -0.2) is 8.42 Å². The zero-order valence-electron chi connectivity index (χ0n) is 14.4. The number of sulfone groups is 1. The average Bonchev–Trinajstić information content (AvgIpc) is 2.69. The van der Waals surface area contributed by atoms with E-state index in [-0.39, 0.29) is 10.8 Å². The lowest BCUT2D eigenvalue weighted by molar-refractivity contribution is -0.140. The van der Waals surface area contributed by atoms with Crippen LogP contribution in [0.4, 0.5) is 0 Å². The van der Waals surface area contributed by atoms with Crippen molar-refractivity contribution in [1.82, 2.24) is 0 Å². The minimum absolute atomic E-state index is 0.116. The molecule has 4 nitrogen and oxygen atoms in total. The van der Waals surface area contributed by atoms with Crippen LogP contribution in [-0.2, 0) is 19.4 Å². The first-order chi connectivity index (χ1) is 12.6. The largest absolute Gasteiger partial charge is 0.468 e. The number of ether oxygens (including phenoxy) is 1. The Kier molecular flexibility index (Phi) is 5.38. The zero-order chi connectivity index (χ0) is 18.6. The van der Waals surface area contributed by atoms with Crippen LogP contribution in [-0.4, -0.2) is 26.7 Å². The fraction of sp³-hybridized carbons (Fsp3) is 0.190. The van der Waals surface area contributed by atoms with Crippen LogP contribution >= 0.6 is 0 Å². The summed E-state index contributed by atoms with van der Waals surface area (Å²) in [7, 11) is -2.69. The van der Waals surface area contributed by atoms with E-state index in [9.17, 15) is 13.2 Å². The van der Waals surface area contributed by atoms with E-state index in [1.165, 1.54) is 19.2 Å². The summed E-state index contributed by atoms with van der Waals surface area (Å²) in [6.45, 7) is 0. The SMILES string of the molecule is COC(=O)C([C@H]1C=CC=C[C@H]1c1ccccc1)S(=O)(=O)c1ccccc1. The van der Waals surface area contributed by atoms with Crippen molar-refractivity contribution in [3.63, 3.8) is 0 Å². The highest BCUT2D eigenvalue weighted by atomic mass is 32.2. The van der Waals surface area contributed by atoms with Crippen LogP contribution in [0.2, 0.25) is 0 Å². The van der Waals surface area contributed by atoms with Crippen LogP contribution in [0.3, 0.4) is 0 Å². The number of rotatable bonds is 5. The first-order valence-electron chi connectivity index (χ1n) is 8.32. The van der Waals surface area contributed by atoms with Gasteiger partial charge >= 0.3 is 5.97 Å². The molecule has 0 saturated heterocycles. The molecule has 1 aliphatic rings. The lowest BCUT2D eigenvalue weighted by atomic mass is 9.81. The van der Waals surface area contributed by atoms with E-state index in [0.29, 0.717) is 0 Å². The molecule has 134 valence electrons. The van der Waals surface area contributed by atoms with E-state index < -0.39 is 27.0 Å². The van der Waals surface area contributed by atoms with E-state index in [1.807, 2.05) is 42.5 Å². The zero-order valence-corrected chi connectivity index (χ0v) is 15.2. The number of hydrogen-bond acceptors (Lipinski definition) is 4. The van der Waals surface area contributed by atoms with Gasteiger partial charge in [0.1, 0.15) is 0 Å². The van der Waals surface area contributed by atoms with Crippen LogP contribution in [0, 0.1) is 5.92 Å². The standard InChI is InChI=1S/C21H20O4S/c1-25-21(22)20(26(23,24)17-12-6-3-7-13-17)19-15-9-8-14-18(19)16-10-4-2-5-11-16/h2-15,18-20H,1H3/t18-,19-,20?/m0/s1. The second-order valence-electron chi connectivity index (χ2n) is 6.09. The summed E-state index contributed by atoms with van der Waals surface area (Å²) in [5, 5.41) is -1.32. The third kappa shape index (κ3) is 3.48. The number of methoxy groups -OCH3 is 1. The lowest BCUT2D eigenvalue weighted by Gasteiger charge is -2.30. The number of benzene rings is 2. The molecule has 0 radical (unpaired) electrons. The highest BCUT2D eigenvalue weighted by molar-refractivity contribution is 7.92. The molecule has 2 aromatic carbocycles.